The molecule has 90 valence electrons. The van der Waals surface area contributed by atoms with Crippen LogP contribution in [0.15, 0.2) is 36.5 Å². The van der Waals surface area contributed by atoms with Gasteiger partial charge in [0, 0.05) is 30.4 Å². The zero-order valence-electron chi connectivity index (χ0n) is 10.6. The van der Waals surface area contributed by atoms with Crippen LogP contribution in [0.25, 0.3) is 0 Å². The SMILES string of the molecule is C=C1C2C(CN1Cc1ccc(N)cc1)C2(C)C. The van der Waals surface area contributed by atoms with E-state index in [0.29, 0.717) is 5.41 Å². The number of rotatable bonds is 2. The summed E-state index contributed by atoms with van der Waals surface area (Å²) >= 11 is 0. The minimum atomic E-state index is 0.495. The Bertz CT molecular complexity index is 458. The smallest absolute Gasteiger partial charge is 0.0426 e. The van der Waals surface area contributed by atoms with Gasteiger partial charge in [0.05, 0.1) is 0 Å². The minimum absolute atomic E-state index is 0.495. The molecule has 2 heteroatoms. The second-order valence-corrected chi connectivity index (χ2v) is 6.02. The molecule has 0 aromatic heterocycles. The highest BCUT2D eigenvalue weighted by molar-refractivity contribution is 5.39. The molecule has 2 nitrogen and oxygen atoms in total. The Labute approximate surface area is 103 Å². The summed E-state index contributed by atoms with van der Waals surface area (Å²) in [4.78, 5) is 2.42. The highest BCUT2D eigenvalue weighted by Gasteiger charge is 2.63. The van der Waals surface area contributed by atoms with Gasteiger partial charge in [-0.3, -0.25) is 0 Å². The first kappa shape index (κ1) is 10.7. The molecule has 1 aliphatic carbocycles. The van der Waals surface area contributed by atoms with Crippen molar-refractivity contribution in [2.45, 2.75) is 20.4 Å². The van der Waals surface area contributed by atoms with Crippen molar-refractivity contribution in [2.24, 2.45) is 17.3 Å². The van der Waals surface area contributed by atoms with Crippen LogP contribution in [0.4, 0.5) is 5.69 Å². The van der Waals surface area contributed by atoms with Gasteiger partial charge >= 0.3 is 0 Å². The van der Waals surface area contributed by atoms with E-state index in [1.165, 1.54) is 17.8 Å². The fraction of sp³-hybridized carbons (Fsp3) is 0.467. The minimum Gasteiger partial charge on any atom is -0.399 e. The van der Waals surface area contributed by atoms with Crippen LogP contribution in [0.2, 0.25) is 0 Å². The molecule has 2 fully saturated rings. The van der Waals surface area contributed by atoms with Crippen LogP contribution in [0.5, 0.6) is 0 Å². The number of likely N-dealkylation sites (tertiary alicyclic amines) is 1. The first-order valence-electron chi connectivity index (χ1n) is 6.28. The normalized spacial score (nSPS) is 29.3. The predicted octanol–water partition coefficient (Wildman–Crippen LogP) is 2.87. The molecule has 2 N–H and O–H groups in total. The molecular weight excluding hydrogens is 208 g/mol. The molecule has 0 amide bonds. The third-order valence-corrected chi connectivity index (χ3v) is 4.59. The average Bonchev–Trinajstić information content (AvgIpc) is 2.63. The average molecular weight is 228 g/mol. The lowest BCUT2D eigenvalue weighted by Gasteiger charge is -2.26. The van der Waals surface area contributed by atoms with Crippen molar-refractivity contribution in [1.29, 1.82) is 0 Å². The van der Waals surface area contributed by atoms with E-state index in [2.05, 4.69) is 37.5 Å². The van der Waals surface area contributed by atoms with Crippen LogP contribution in [-0.4, -0.2) is 11.4 Å². The number of nitrogens with zero attached hydrogens (tertiary/aromatic N) is 1. The first-order chi connectivity index (χ1) is 8.00. The maximum atomic E-state index is 5.70. The quantitative estimate of drug-likeness (QED) is 0.789. The van der Waals surface area contributed by atoms with Gasteiger partial charge in [0.15, 0.2) is 0 Å². The Hall–Kier alpha value is -1.44. The third kappa shape index (κ3) is 1.54. The van der Waals surface area contributed by atoms with Crippen molar-refractivity contribution in [3.8, 4) is 0 Å². The molecule has 0 radical (unpaired) electrons. The molecule has 2 atom stereocenters. The van der Waals surface area contributed by atoms with Gasteiger partial charge in [-0.15, -0.1) is 0 Å². The summed E-state index contributed by atoms with van der Waals surface area (Å²) in [5, 5.41) is 0. The van der Waals surface area contributed by atoms with Crippen LogP contribution in [0.1, 0.15) is 19.4 Å². The Morgan fingerprint density at radius 2 is 2.00 bits per heavy atom. The summed E-state index contributed by atoms with van der Waals surface area (Å²) < 4.78 is 0. The van der Waals surface area contributed by atoms with Crippen LogP contribution in [0, 0.1) is 17.3 Å². The highest BCUT2D eigenvalue weighted by Crippen LogP contribution is 2.66. The van der Waals surface area contributed by atoms with E-state index in [4.69, 9.17) is 5.73 Å². The Morgan fingerprint density at radius 1 is 1.35 bits per heavy atom. The molecule has 1 saturated heterocycles. The maximum Gasteiger partial charge on any atom is 0.0426 e. The van der Waals surface area contributed by atoms with Crippen LogP contribution in [0.3, 0.4) is 0 Å². The second kappa shape index (κ2) is 3.28. The van der Waals surface area contributed by atoms with Crippen LogP contribution in [-0.2, 0) is 6.54 Å². The van der Waals surface area contributed by atoms with E-state index in [9.17, 15) is 0 Å². The van der Waals surface area contributed by atoms with Gasteiger partial charge in [-0.25, -0.2) is 0 Å². The molecule has 2 unspecified atom stereocenters. The van der Waals surface area contributed by atoms with Gasteiger partial charge in [0.2, 0.25) is 0 Å². The number of anilines is 1. The van der Waals surface area contributed by atoms with Gasteiger partial charge in [-0.1, -0.05) is 32.6 Å². The van der Waals surface area contributed by atoms with Gasteiger partial charge in [-0.05, 0) is 29.0 Å². The zero-order valence-corrected chi connectivity index (χ0v) is 10.6. The Morgan fingerprint density at radius 3 is 2.53 bits per heavy atom. The van der Waals surface area contributed by atoms with Crippen molar-refractivity contribution in [2.75, 3.05) is 12.3 Å². The highest BCUT2D eigenvalue weighted by atomic mass is 15.2. The van der Waals surface area contributed by atoms with Crippen molar-refractivity contribution in [1.82, 2.24) is 4.90 Å². The van der Waals surface area contributed by atoms with Gasteiger partial charge in [0.25, 0.3) is 0 Å². The van der Waals surface area contributed by atoms with E-state index >= 15 is 0 Å². The molecule has 0 spiro atoms. The van der Waals surface area contributed by atoms with Crippen molar-refractivity contribution in [3.05, 3.63) is 42.1 Å². The molecule has 1 saturated carbocycles. The largest absolute Gasteiger partial charge is 0.399 e. The molecule has 1 aliphatic heterocycles. The summed E-state index contributed by atoms with van der Waals surface area (Å²) in [6.45, 7) is 11.1. The Balaban J connectivity index is 1.69. The van der Waals surface area contributed by atoms with E-state index < -0.39 is 0 Å². The molecule has 2 aliphatic rings. The lowest BCUT2D eigenvalue weighted by molar-refractivity contribution is 0.305. The number of allylic oxidation sites excluding steroid dienone is 1. The molecule has 1 heterocycles. The summed E-state index contributed by atoms with van der Waals surface area (Å²) in [5.74, 6) is 1.54. The summed E-state index contributed by atoms with van der Waals surface area (Å²) in [6, 6.07) is 8.16. The number of nitrogen functional groups attached to an aromatic ring is 1. The molecule has 1 aromatic rings. The monoisotopic (exact) mass is 228 g/mol. The van der Waals surface area contributed by atoms with Crippen molar-refractivity contribution in [3.63, 3.8) is 0 Å². The fourth-order valence-corrected chi connectivity index (χ4v) is 3.31. The van der Waals surface area contributed by atoms with E-state index in [1.54, 1.807) is 0 Å². The van der Waals surface area contributed by atoms with E-state index in [1.807, 2.05) is 12.1 Å². The summed E-state index contributed by atoms with van der Waals surface area (Å²) in [7, 11) is 0. The molecule has 1 aromatic carbocycles. The number of hydrogen-bond donors (Lipinski definition) is 1. The lowest BCUT2D eigenvalue weighted by atomic mass is 10.0. The van der Waals surface area contributed by atoms with Gasteiger partial charge in [-0.2, -0.15) is 0 Å². The number of nitrogens with two attached hydrogens (primary N) is 1. The second-order valence-electron chi connectivity index (χ2n) is 6.02. The summed E-state index contributed by atoms with van der Waals surface area (Å²) in [6.07, 6.45) is 0. The standard InChI is InChI=1S/C15H20N2/c1-10-14-13(15(14,2)3)9-17(10)8-11-4-6-12(16)7-5-11/h4-7,13-14H,1,8-9,16H2,2-3H3. The predicted molar refractivity (Wildman–Crippen MR) is 71.2 cm³/mol. The number of hydrogen-bond acceptors (Lipinski definition) is 2. The Kier molecular flexibility index (Phi) is 2.07. The molecule has 0 bridgehead atoms. The van der Waals surface area contributed by atoms with Crippen molar-refractivity contribution < 1.29 is 0 Å². The first-order valence-corrected chi connectivity index (χ1v) is 6.28. The summed E-state index contributed by atoms with van der Waals surface area (Å²) in [5.41, 5.74) is 9.67. The topological polar surface area (TPSA) is 29.3 Å². The van der Waals surface area contributed by atoms with E-state index in [0.717, 1.165) is 24.1 Å². The molecular formula is C15H20N2. The van der Waals surface area contributed by atoms with Gasteiger partial charge in [0.1, 0.15) is 0 Å². The number of piperidine rings is 1. The number of fused-ring (bicyclic) bond motifs is 1. The van der Waals surface area contributed by atoms with Crippen LogP contribution < -0.4 is 5.73 Å². The lowest BCUT2D eigenvalue weighted by Crippen LogP contribution is -2.23. The van der Waals surface area contributed by atoms with E-state index in [-0.39, 0.29) is 0 Å². The third-order valence-electron chi connectivity index (χ3n) is 4.59. The fourth-order valence-electron chi connectivity index (χ4n) is 3.31. The number of benzene rings is 1. The zero-order chi connectivity index (χ0) is 12.2. The van der Waals surface area contributed by atoms with Crippen molar-refractivity contribution >= 4 is 5.69 Å². The van der Waals surface area contributed by atoms with Crippen LogP contribution >= 0.6 is 0 Å². The molecule has 17 heavy (non-hydrogen) atoms. The molecule has 3 rings (SSSR count). The van der Waals surface area contributed by atoms with Gasteiger partial charge < -0.3 is 10.6 Å². The maximum absolute atomic E-state index is 5.70.